The third kappa shape index (κ3) is 2.74. The fourth-order valence-electron chi connectivity index (χ4n) is 2.04. The summed E-state index contributed by atoms with van der Waals surface area (Å²) in [6.45, 7) is 0.263. The van der Waals surface area contributed by atoms with Crippen LogP contribution in [0.15, 0.2) is 30.5 Å². The summed E-state index contributed by atoms with van der Waals surface area (Å²) >= 11 is 0. The molecule has 1 aliphatic heterocycles. The first-order valence-corrected chi connectivity index (χ1v) is 6.39. The van der Waals surface area contributed by atoms with Crippen molar-refractivity contribution in [1.82, 2.24) is 9.78 Å². The second-order valence-corrected chi connectivity index (χ2v) is 4.61. The molecule has 1 aliphatic rings. The topological polar surface area (TPSA) is 65.4 Å². The number of nitrogens with one attached hydrogen (secondary N) is 1. The minimum atomic E-state index is -0.0543. The van der Waals surface area contributed by atoms with E-state index in [1.165, 1.54) is 0 Å². The predicted octanol–water partition coefficient (Wildman–Crippen LogP) is 1.72. The zero-order valence-electron chi connectivity index (χ0n) is 11.1. The Morgan fingerprint density at radius 2 is 2.20 bits per heavy atom. The van der Waals surface area contributed by atoms with Crippen molar-refractivity contribution in [2.24, 2.45) is 7.05 Å². The lowest BCUT2D eigenvalue weighted by molar-refractivity contribution is -0.116. The molecule has 2 heterocycles. The molecule has 0 unspecified atom stereocenters. The van der Waals surface area contributed by atoms with Gasteiger partial charge >= 0.3 is 0 Å². The number of nitrogens with zero attached hydrogens (tertiary/aromatic N) is 2. The largest absolute Gasteiger partial charge is 0.454 e. The summed E-state index contributed by atoms with van der Waals surface area (Å²) in [7, 11) is 1.81. The van der Waals surface area contributed by atoms with Crippen molar-refractivity contribution in [3.05, 3.63) is 36.0 Å². The van der Waals surface area contributed by atoms with Gasteiger partial charge in [0.05, 0.1) is 0 Å². The van der Waals surface area contributed by atoms with Crippen LogP contribution in [-0.4, -0.2) is 22.5 Å². The summed E-state index contributed by atoms with van der Waals surface area (Å²) in [5.74, 6) is 2.02. The van der Waals surface area contributed by atoms with E-state index in [0.29, 0.717) is 18.7 Å². The van der Waals surface area contributed by atoms with Gasteiger partial charge in [-0.2, -0.15) is 5.10 Å². The average molecular weight is 273 g/mol. The third-order valence-corrected chi connectivity index (χ3v) is 3.06. The van der Waals surface area contributed by atoms with Crippen LogP contribution in [0.3, 0.4) is 0 Å². The van der Waals surface area contributed by atoms with E-state index in [9.17, 15) is 4.79 Å². The zero-order chi connectivity index (χ0) is 13.9. The van der Waals surface area contributed by atoms with Crippen molar-refractivity contribution in [2.45, 2.75) is 12.8 Å². The Balaban J connectivity index is 1.55. The molecular formula is C14H15N3O3. The minimum absolute atomic E-state index is 0.0543. The van der Waals surface area contributed by atoms with Gasteiger partial charge in [-0.1, -0.05) is 6.07 Å². The van der Waals surface area contributed by atoms with Gasteiger partial charge in [0, 0.05) is 25.7 Å². The number of fused-ring (bicyclic) bond motifs is 1. The Hall–Kier alpha value is -2.50. The van der Waals surface area contributed by atoms with Crippen molar-refractivity contribution in [3.8, 4) is 11.5 Å². The first-order valence-electron chi connectivity index (χ1n) is 6.39. The van der Waals surface area contributed by atoms with Gasteiger partial charge in [0.15, 0.2) is 17.3 Å². The number of hydrogen-bond acceptors (Lipinski definition) is 4. The quantitative estimate of drug-likeness (QED) is 0.921. The number of amides is 1. The molecule has 2 aromatic rings. The molecule has 0 spiro atoms. The molecule has 0 atom stereocenters. The Kier molecular flexibility index (Phi) is 3.28. The van der Waals surface area contributed by atoms with E-state index in [1.54, 1.807) is 16.9 Å². The highest BCUT2D eigenvalue weighted by molar-refractivity contribution is 5.89. The number of rotatable bonds is 4. The predicted molar refractivity (Wildman–Crippen MR) is 72.7 cm³/mol. The molecule has 0 saturated heterocycles. The van der Waals surface area contributed by atoms with Crippen LogP contribution in [0, 0.1) is 0 Å². The standard InChI is InChI=1S/C14H15N3O3/c1-17-7-6-13(16-17)15-14(18)5-3-10-2-4-11-12(8-10)20-9-19-11/h2,4,6-8H,3,5,9H2,1H3,(H,15,16,18). The maximum Gasteiger partial charge on any atom is 0.231 e. The number of hydrogen-bond donors (Lipinski definition) is 1. The Bertz CT molecular complexity index is 636. The second-order valence-electron chi connectivity index (χ2n) is 4.61. The summed E-state index contributed by atoms with van der Waals surface area (Å²) in [4.78, 5) is 11.8. The molecule has 6 heteroatoms. The number of anilines is 1. The summed E-state index contributed by atoms with van der Waals surface area (Å²) in [6.07, 6.45) is 2.83. The summed E-state index contributed by atoms with van der Waals surface area (Å²) in [5.41, 5.74) is 1.05. The lowest BCUT2D eigenvalue weighted by atomic mass is 10.1. The monoisotopic (exact) mass is 273 g/mol. The lowest BCUT2D eigenvalue weighted by Crippen LogP contribution is -2.13. The van der Waals surface area contributed by atoms with Gasteiger partial charge in [-0.3, -0.25) is 9.48 Å². The minimum Gasteiger partial charge on any atom is -0.454 e. The summed E-state index contributed by atoms with van der Waals surface area (Å²) in [6, 6.07) is 7.49. The van der Waals surface area contributed by atoms with E-state index in [1.807, 2.05) is 25.2 Å². The van der Waals surface area contributed by atoms with Crippen LogP contribution in [0.25, 0.3) is 0 Å². The first kappa shape index (κ1) is 12.5. The van der Waals surface area contributed by atoms with E-state index >= 15 is 0 Å². The van der Waals surface area contributed by atoms with E-state index in [2.05, 4.69) is 10.4 Å². The molecule has 0 aliphatic carbocycles. The number of ether oxygens (including phenoxy) is 2. The average Bonchev–Trinajstić information content (AvgIpc) is 3.04. The van der Waals surface area contributed by atoms with Crippen LogP contribution in [0.4, 0.5) is 5.82 Å². The van der Waals surface area contributed by atoms with Crippen LogP contribution in [0.5, 0.6) is 11.5 Å². The highest BCUT2D eigenvalue weighted by Crippen LogP contribution is 2.32. The van der Waals surface area contributed by atoms with Crippen LogP contribution < -0.4 is 14.8 Å². The molecule has 6 nitrogen and oxygen atoms in total. The molecule has 104 valence electrons. The van der Waals surface area contributed by atoms with Crippen LogP contribution in [0.1, 0.15) is 12.0 Å². The van der Waals surface area contributed by atoms with E-state index < -0.39 is 0 Å². The van der Waals surface area contributed by atoms with Crippen molar-refractivity contribution in [1.29, 1.82) is 0 Å². The fourth-order valence-corrected chi connectivity index (χ4v) is 2.04. The maximum atomic E-state index is 11.8. The second kappa shape index (κ2) is 5.24. The molecular weight excluding hydrogens is 258 g/mol. The van der Waals surface area contributed by atoms with Gasteiger partial charge in [-0.05, 0) is 24.1 Å². The van der Waals surface area contributed by atoms with E-state index in [4.69, 9.17) is 9.47 Å². The first-order chi connectivity index (χ1) is 9.70. The molecule has 0 bridgehead atoms. The highest BCUT2D eigenvalue weighted by atomic mass is 16.7. The van der Waals surface area contributed by atoms with Gasteiger partial charge in [-0.25, -0.2) is 0 Å². The third-order valence-electron chi connectivity index (χ3n) is 3.06. The molecule has 1 aromatic heterocycles. The van der Waals surface area contributed by atoms with Crippen LogP contribution in [-0.2, 0) is 18.3 Å². The van der Waals surface area contributed by atoms with Gasteiger partial charge < -0.3 is 14.8 Å². The smallest absolute Gasteiger partial charge is 0.231 e. The highest BCUT2D eigenvalue weighted by Gasteiger charge is 2.13. The summed E-state index contributed by atoms with van der Waals surface area (Å²) < 4.78 is 12.2. The van der Waals surface area contributed by atoms with Crippen molar-refractivity contribution >= 4 is 11.7 Å². The van der Waals surface area contributed by atoms with Crippen LogP contribution >= 0.6 is 0 Å². The van der Waals surface area contributed by atoms with Gasteiger partial charge in [0.1, 0.15) is 0 Å². The molecule has 20 heavy (non-hydrogen) atoms. The SMILES string of the molecule is Cn1ccc(NC(=O)CCc2ccc3c(c2)OCO3)n1. The molecule has 1 N–H and O–H groups in total. The van der Waals surface area contributed by atoms with Crippen molar-refractivity contribution in [2.75, 3.05) is 12.1 Å². The van der Waals surface area contributed by atoms with E-state index in [0.717, 1.165) is 17.1 Å². The number of benzene rings is 1. The Morgan fingerprint density at radius 1 is 1.35 bits per heavy atom. The lowest BCUT2D eigenvalue weighted by Gasteiger charge is -2.04. The normalized spacial score (nSPS) is 12.4. The number of aromatic nitrogens is 2. The Labute approximate surface area is 116 Å². The molecule has 0 radical (unpaired) electrons. The zero-order valence-corrected chi connectivity index (χ0v) is 11.1. The number of carbonyl (C=O) groups excluding carboxylic acids is 1. The van der Waals surface area contributed by atoms with Gasteiger partial charge in [-0.15, -0.1) is 0 Å². The molecule has 0 saturated carbocycles. The maximum absolute atomic E-state index is 11.8. The fraction of sp³-hybridized carbons (Fsp3) is 0.286. The number of carbonyl (C=O) groups is 1. The molecule has 0 fully saturated rings. The van der Waals surface area contributed by atoms with Gasteiger partial charge in [0.25, 0.3) is 0 Å². The molecule has 1 amide bonds. The number of aryl methyl sites for hydroxylation is 2. The van der Waals surface area contributed by atoms with Gasteiger partial charge in [0.2, 0.25) is 12.7 Å². The Morgan fingerprint density at radius 3 is 3.00 bits per heavy atom. The molecule has 1 aromatic carbocycles. The van der Waals surface area contributed by atoms with E-state index in [-0.39, 0.29) is 12.7 Å². The van der Waals surface area contributed by atoms with Crippen molar-refractivity contribution in [3.63, 3.8) is 0 Å². The summed E-state index contributed by atoms with van der Waals surface area (Å²) in [5, 5.41) is 6.86. The van der Waals surface area contributed by atoms with Crippen molar-refractivity contribution < 1.29 is 14.3 Å². The molecule has 3 rings (SSSR count). The van der Waals surface area contributed by atoms with Crippen LogP contribution in [0.2, 0.25) is 0 Å².